The number of hydrogen-bond donors (Lipinski definition) is 3. The molecule has 0 aliphatic rings. The molecule has 0 unspecified atom stereocenters. The largest absolute Gasteiger partial charge is 0.390 e. The lowest BCUT2D eigenvalue weighted by atomic mass is 10.3. The number of urea groups is 1. The highest BCUT2D eigenvalue weighted by atomic mass is 16.6. The van der Waals surface area contributed by atoms with E-state index in [0.717, 1.165) is 0 Å². The number of benzene rings is 1. The Morgan fingerprint density at radius 1 is 1.40 bits per heavy atom. The fraction of sp³-hybridized carbons (Fsp3) is 0.333. The van der Waals surface area contributed by atoms with Crippen LogP contribution in [0.15, 0.2) is 36.7 Å². The Labute approximate surface area is 144 Å². The average molecular weight is 348 g/mol. The van der Waals surface area contributed by atoms with Crippen molar-refractivity contribution in [2.45, 2.75) is 12.6 Å². The van der Waals surface area contributed by atoms with Crippen LogP contribution >= 0.6 is 0 Å². The minimum Gasteiger partial charge on any atom is -0.390 e. The van der Waals surface area contributed by atoms with E-state index in [0.29, 0.717) is 24.5 Å². The van der Waals surface area contributed by atoms with E-state index in [9.17, 15) is 20.0 Å². The first-order chi connectivity index (χ1) is 11.8. The van der Waals surface area contributed by atoms with Crippen LogP contribution in [0.25, 0.3) is 0 Å². The van der Waals surface area contributed by atoms with Crippen LogP contribution in [0, 0.1) is 10.1 Å². The normalized spacial score (nSPS) is 12.0. The molecule has 2 amide bonds. The summed E-state index contributed by atoms with van der Waals surface area (Å²) in [6, 6.07) is 5.09. The van der Waals surface area contributed by atoms with Gasteiger partial charge in [-0.3, -0.25) is 14.8 Å². The van der Waals surface area contributed by atoms with Gasteiger partial charge in [0.1, 0.15) is 0 Å². The molecule has 10 heteroatoms. The Morgan fingerprint density at radius 2 is 2.12 bits per heavy atom. The number of nitrogens with one attached hydrogen (secondary N) is 2. The number of aliphatic hydroxyl groups excluding tert-OH is 1. The van der Waals surface area contributed by atoms with Gasteiger partial charge >= 0.3 is 6.03 Å². The van der Waals surface area contributed by atoms with Crippen LogP contribution in [-0.4, -0.2) is 57.5 Å². The van der Waals surface area contributed by atoms with Crippen molar-refractivity contribution in [3.05, 3.63) is 46.8 Å². The van der Waals surface area contributed by atoms with Gasteiger partial charge in [0.05, 0.1) is 29.5 Å². The molecular formula is C15H20N6O4. The predicted molar refractivity (Wildman–Crippen MR) is 92.5 cm³/mol. The summed E-state index contributed by atoms with van der Waals surface area (Å²) in [6.07, 6.45) is 2.46. The Morgan fingerprint density at radius 3 is 2.80 bits per heavy atom. The van der Waals surface area contributed by atoms with E-state index in [1.165, 1.54) is 29.1 Å². The van der Waals surface area contributed by atoms with Crippen molar-refractivity contribution in [2.24, 2.45) is 0 Å². The number of aliphatic hydroxyl groups is 1. The summed E-state index contributed by atoms with van der Waals surface area (Å²) in [5.74, 6) is 0. The van der Waals surface area contributed by atoms with Gasteiger partial charge in [-0.15, -0.1) is 0 Å². The molecule has 0 saturated heterocycles. The number of anilines is 2. The molecule has 1 aromatic carbocycles. The van der Waals surface area contributed by atoms with Crippen LogP contribution in [0.3, 0.4) is 0 Å². The molecule has 10 nitrogen and oxygen atoms in total. The number of hydrogen-bond acceptors (Lipinski definition) is 6. The van der Waals surface area contributed by atoms with Gasteiger partial charge in [0.25, 0.3) is 5.69 Å². The second-order valence-electron chi connectivity index (χ2n) is 5.75. The molecule has 0 radical (unpaired) electrons. The monoisotopic (exact) mass is 348 g/mol. The summed E-state index contributed by atoms with van der Waals surface area (Å²) in [7, 11) is 3.72. The summed E-state index contributed by atoms with van der Waals surface area (Å²) in [6.45, 7) is 0.794. The zero-order valence-electron chi connectivity index (χ0n) is 13.9. The van der Waals surface area contributed by atoms with Crippen LogP contribution in [0.1, 0.15) is 0 Å². The van der Waals surface area contributed by atoms with Crippen molar-refractivity contribution in [2.75, 3.05) is 31.3 Å². The highest BCUT2D eigenvalue weighted by molar-refractivity contribution is 5.99. The summed E-state index contributed by atoms with van der Waals surface area (Å²) >= 11 is 0. The Hall–Kier alpha value is -2.98. The van der Waals surface area contributed by atoms with Crippen LogP contribution in [0.2, 0.25) is 0 Å². The third-order valence-corrected chi connectivity index (χ3v) is 3.18. The fourth-order valence-corrected chi connectivity index (χ4v) is 2.21. The van der Waals surface area contributed by atoms with E-state index in [1.807, 2.05) is 19.0 Å². The standard InChI is InChI=1S/C15H20N6O4/c1-19(2)9-14(22)10-20-8-12(7-16-20)18-15(23)17-11-4-3-5-13(6-11)21(24)25/h3-8,14,22H,9-10H2,1-2H3,(H2,17,18,23)/t14-/m0/s1. The molecule has 0 fully saturated rings. The number of nitro benzene ring substituents is 1. The van der Waals surface area contributed by atoms with Gasteiger partial charge in [-0.1, -0.05) is 6.07 Å². The van der Waals surface area contributed by atoms with Gasteiger partial charge < -0.3 is 20.6 Å². The molecule has 2 aromatic rings. The summed E-state index contributed by atoms with van der Waals surface area (Å²) in [5, 5.41) is 29.8. The number of non-ortho nitro benzene ring substituents is 1. The van der Waals surface area contributed by atoms with E-state index in [1.54, 1.807) is 12.3 Å². The third-order valence-electron chi connectivity index (χ3n) is 3.18. The number of rotatable bonds is 7. The number of carbonyl (C=O) groups excluding carboxylic acids is 1. The molecule has 0 aliphatic carbocycles. The molecule has 1 heterocycles. The summed E-state index contributed by atoms with van der Waals surface area (Å²) in [4.78, 5) is 24.0. The number of nitro groups is 1. The van der Waals surface area contributed by atoms with Crippen molar-refractivity contribution in [1.82, 2.24) is 14.7 Å². The number of nitrogens with zero attached hydrogens (tertiary/aromatic N) is 4. The lowest BCUT2D eigenvalue weighted by molar-refractivity contribution is -0.384. The number of amides is 2. The smallest absolute Gasteiger partial charge is 0.323 e. The molecule has 134 valence electrons. The van der Waals surface area contributed by atoms with Crippen molar-refractivity contribution in [1.29, 1.82) is 0 Å². The molecule has 3 N–H and O–H groups in total. The minimum atomic E-state index is -0.582. The Balaban J connectivity index is 1.91. The van der Waals surface area contributed by atoms with Crippen molar-refractivity contribution in [3.63, 3.8) is 0 Å². The maximum atomic E-state index is 12.0. The van der Waals surface area contributed by atoms with Crippen LogP contribution in [0.5, 0.6) is 0 Å². The lowest BCUT2D eigenvalue weighted by Crippen LogP contribution is -2.29. The van der Waals surface area contributed by atoms with Gasteiger partial charge in [-0.2, -0.15) is 5.10 Å². The first-order valence-electron chi connectivity index (χ1n) is 7.51. The molecule has 0 bridgehead atoms. The van der Waals surface area contributed by atoms with Gasteiger partial charge in [-0.25, -0.2) is 4.79 Å². The van der Waals surface area contributed by atoms with Crippen LogP contribution in [-0.2, 0) is 6.54 Å². The Kier molecular flexibility index (Phi) is 6.03. The fourth-order valence-electron chi connectivity index (χ4n) is 2.21. The maximum absolute atomic E-state index is 12.0. The zero-order chi connectivity index (χ0) is 18.4. The third kappa shape index (κ3) is 5.86. The first kappa shape index (κ1) is 18.4. The van der Waals surface area contributed by atoms with E-state index in [-0.39, 0.29) is 5.69 Å². The van der Waals surface area contributed by atoms with Gasteiger partial charge in [0, 0.05) is 30.6 Å². The molecule has 25 heavy (non-hydrogen) atoms. The van der Waals surface area contributed by atoms with E-state index < -0.39 is 17.1 Å². The number of likely N-dealkylation sites (N-methyl/N-ethyl adjacent to an activating group) is 1. The van der Waals surface area contributed by atoms with E-state index in [2.05, 4.69) is 15.7 Å². The average Bonchev–Trinajstić information content (AvgIpc) is 2.93. The Bertz CT molecular complexity index is 745. The second kappa shape index (κ2) is 8.22. The molecule has 0 spiro atoms. The van der Waals surface area contributed by atoms with Crippen molar-refractivity contribution >= 4 is 23.1 Å². The predicted octanol–water partition coefficient (Wildman–Crippen LogP) is 1.36. The molecule has 2 rings (SSSR count). The lowest BCUT2D eigenvalue weighted by Gasteiger charge is -2.15. The van der Waals surface area contributed by atoms with Gasteiger partial charge in [-0.05, 0) is 20.2 Å². The summed E-state index contributed by atoms with van der Waals surface area (Å²) in [5.41, 5.74) is 0.640. The van der Waals surface area contributed by atoms with E-state index in [4.69, 9.17) is 0 Å². The van der Waals surface area contributed by atoms with Gasteiger partial charge in [0.15, 0.2) is 0 Å². The maximum Gasteiger partial charge on any atom is 0.323 e. The first-order valence-corrected chi connectivity index (χ1v) is 7.51. The SMILES string of the molecule is CN(C)C[C@H](O)Cn1cc(NC(=O)Nc2cccc([N+](=O)[O-])c2)cn1. The van der Waals surface area contributed by atoms with Crippen molar-refractivity contribution < 1.29 is 14.8 Å². The number of aromatic nitrogens is 2. The second-order valence-corrected chi connectivity index (χ2v) is 5.75. The van der Waals surface area contributed by atoms with Crippen LogP contribution in [0.4, 0.5) is 21.9 Å². The number of carbonyl (C=O) groups is 1. The molecule has 1 atom stereocenters. The van der Waals surface area contributed by atoms with Crippen molar-refractivity contribution in [3.8, 4) is 0 Å². The van der Waals surface area contributed by atoms with Crippen LogP contribution < -0.4 is 10.6 Å². The summed E-state index contributed by atoms with van der Waals surface area (Å²) < 4.78 is 1.52. The quantitative estimate of drug-likeness (QED) is 0.512. The molecule has 0 saturated carbocycles. The molecule has 1 aromatic heterocycles. The zero-order valence-corrected chi connectivity index (χ0v) is 13.9. The highest BCUT2D eigenvalue weighted by Gasteiger charge is 2.11. The molecular weight excluding hydrogens is 328 g/mol. The highest BCUT2D eigenvalue weighted by Crippen LogP contribution is 2.17. The van der Waals surface area contributed by atoms with Gasteiger partial charge in [0.2, 0.25) is 0 Å². The molecule has 0 aliphatic heterocycles. The van der Waals surface area contributed by atoms with E-state index >= 15 is 0 Å². The topological polar surface area (TPSA) is 126 Å². The minimum absolute atomic E-state index is 0.111.